The number of carbonyl (C=O) groups excluding carboxylic acids is 1. The highest BCUT2D eigenvalue weighted by molar-refractivity contribution is 5.79. The summed E-state index contributed by atoms with van der Waals surface area (Å²) in [6, 6.07) is 18.1. The van der Waals surface area contributed by atoms with Crippen molar-refractivity contribution in [2.45, 2.75) is 12.5 Å². The number of piperazine rings is 1. The van der Waals surface area contributed by atoms with Crippen LogP contribution in [0.2, 0.25) is 0 Å². The highest BCUT2D eigenvalue weighted by Crippen LogP contribution is 2.27. The van der Waals surface area contributed by atoms with Crippen molar-refractivity contribution in [1.29, 1.82) is 0 Å². The second-order valence-corrected chi connectivity index (χ2v) is 7.08. The molecule has 1 fully saturated rings. The standard InChI is InChI=1S/C22H22FN3O2/c1-25-11-12-26(15-20(25)18-9-5-6-10-19(18)23)22(27)14-17-13-21(28-24-17)16-7-3-2-4-8-16/h2-10,13,20H,11-12,14-15H2,1H3. The van der Waals surface area contributed by atoms with Crippen LogP contribution in [-0.4, -0.2) is 47.5 Å². The molecule has 6 heteroatoms. The van der Waals surface area contributed by atoms with Crippen LogP contribution < -0.4 is 0 Å². The second kappa shape index (κ2) is 7.94. The van der Waals surface area contributed by atoms with Crippen LogP contribution >= 0.6 is 0 Å². The molecule has 1 amide bonds. The predicted molar refractivity (Wildman–Crippen MR) is 104 cm³/mol. The van der Waals surface area contributed by atoms with Gasteiger partial charge >= 0.3 is 0 Å². The van der Waals surface area contributed by atoms with Gasteiger partial charge in [0.1, 0.15) is 5.82 Å². The SMILES string of the molecule is CN1CCN(C(=O)Cc2cc(-c3ccccc3)on2)CC1c1ccccc1F. The molecule has 1 unspecified atom stereocenters. The molecule has 4 rings (SSSR count). The maximum atomic E-state index is 14.2. The van der Waals surface area contributed by atoms with Crippen LogP contribution in [0.3, 0.4) is 0 Å². The molecule has 0 aliphatic carbocycles. The first-order chi connectivity index (χ1) is 13.6. The summed E-state index contributed by atoms with van der Waals surface area (Å²) >= 11 is 0. The lowest BCUT2D eigenvalue weighted by Gasteiger charge is -2.39. The molecule has 1 aliphatic rings. The van der Waals surface area contributed by atoms with E-state index in [0.29, 0.717) is 36.7 Å². The van der Waals surface area contributed by atoms with Gasteiger partial charge in [-0.05, 0) is 13.1 Å². The average molecular weight is 379 g/mol. The number of rotatable bonds is 4. The number of likely N-dealkylation sites (N-methyl/N-ethyl adjacent to an activating group) is 1. The number of hydrogen-bond acceptors (Lipinski definition) is 4. The van der Waals surface area contributed by atoms with Crippen molar-refractivity contribution in [3.8, 4) is 11.3 Å². The summed E-state index contributed by atoms with van der Waals surface area (Å²) < 4.78 is 19.6. The number of benzene rings is 2. The molecule has 28 heavy (non-hydrogen) atoms. The monoisotopic (exact) mass is 379 g/mol. The number of amides is 1. The van der Waals surface area contributed by atoms with E-state index in [-0.39, 0.29) is 24.2 Å². The zero-order valence-electron chi connectivity index (χ0n) is 15.7. The van der Waals surface area contributed by atoms with E-state index in [1.807, 2.05) is 43.4 Å². The van der Waals surface area contributed by atoms with E-state index in [1.54, 1.807) is 23.1 Å². The minimum Gasteiger partial charge on any atom is -0.356 e. The van der Waals surface area contributed by atoms with Crippen LogP contribution in [0.15, 0.2) is 65.2 Å². The summed E-state index contributed by atoms with van der Waals surface area (Å²) in [7, 11) is 1.96. The van der Waals surface area contributed by atoms with Crippen molar-refractivity contribution >= 4 is 5.91 Å². The second-order valence-electron chi connectivity index (χ2n) is 7.08. The Morgan fingerprint density at radius 3 is 2.68 bits per heavy atom. The van der Waals surface area contributed by atoms with E-state index in [0.717, 1.165) is 5.56 Å². The minimum absolute atomic E-state index is 0.0256. The number of nitrogens with zero attached hydrogens (tertiary/aromatic N) is 3. The Balaban J connectivity index is 1.45. The quantitative estimate of drug-likeness (QED) is 0.696. The first-order valence-corrected chi connectivity index (χ1v) is 9.35. The summed E-state index contributed by atoms with van der Waals surface area (Å²) in [5, 5.41) is 4.04. The van der Waals surface area contributed by atoms with Crippen molar-refractivity contribution in [3.63, 3.8) is 0 Å². The van der Waals surface area contributed by atoms with Crippen LogP contribution in [0, 0.1) is 5.82 Å². The van der Waals surface area contributed by atoms with E-state index >= 15 is 0 Å². The fraction of sp³-hybridized carbons (Fsp3) is 0.273. The lowest BCUT2D eigenvalue weighted by molar-refractivity contribution is -0.133. The molecule has 2 aromatic carbocycles. The van der Waals surface area contributed by atoms with Crippen molar-refractivity contribution in [1.82, 2.24) is 15.0 Å². The molecule has 0 spiro atoms. The Kier molecular flexibility index (Phi) is 5.21. The Labute approximate surface area is 163 Å². The Morgan fingerprint density at radius 2 is 1.89 bits per heavy atom. The van der Waals surface area contributed by atoms with Crippen LogP contribution in [0.5, 0.6) is 0 Å². The zero-order chi connectivity index (χ0) is 19.5. The van der Waals surface area contributed by atoms with Crippen molar-refractivity contribution in [2.75, 3.05) is 26.7 Å². The lowest BCUT2D eigenvalue weighted by Crippen LogP contribution is -2.49. The molecule has 0 saturated carbocycles. The van der Waals surface area contributed by atoms with Crippen molar-refractivity contribution in [3.05, 3.63) is 77.7 Å². The third-order valence-corrected chi connectivity index (χ3v) is 5.21. The van der Waals surface area contributed by atoms with E-state index in [4.69, 9.17) is 4.52 Å². The average Bonchev–Trinajstić information content (AvgIpc) is 3.18. The molecule has 5 nitrogen and oxygen atoms in total. The normalized spacial score (nSPS) is 17.6. The molecule has 0 bridgehead atoms. The predicted octanol–water partition coefficient (Wildman–Crippen LogP) is 3.54. The first-order valence-electron chi connectivity index (χ1n) is 9.35. The van der Waals surface area contributed by atoms with Gasteiger partial charge in [0.05, 0.1) is 18.2 Å². The fourth-order valence-electron chi connectivity index (χ4n) is 3.58. The lowest BCUT2D eigenvalue weighted by atomic mass is 10.0. The van der Waals surface area contributed by atoms with Gasteiger partial charge in [-0.25, -0.2) is 4.39 Å². The molecule has 0 N–H and O–H groups in total. The highest BCUT2D eigenvalue weighted by atomic mass is 19.1. The summed E-state index contributed by atoms with van der Waals surface area (Å²) in [5.41, 5.74) is 2.15. The molecule has 1 aromatic heterocycles. The summed E-state index contributed by atoms with van der Waals surface area (Å²) in [6.45, 7) is 1.77. The van der Waals surface area contributed by atoms with Gasteiger partial charge in [0, 0.05) is 36.8 Å². The smallest absolute Gasteiger partial charge is 0.228 e. The van der Waals surface area contributed by atoms with Gasteiger partial charge in [-0.1, -0.05) is 53.7 Å². The van der Waals surface area contributed by atoms with Gasteiger partial charge in [0.25, 0.3) is 0 Å². The van der Waals surface area contributed by atoms with Crippen LogP contribution in [0.25, 0.3) is 11.3 Å². The molecular weight excluding hydrogens is 357 g/mol. The van der Waals surface area contributed by atoms with Gasteiger partial charge in [0.2, 0.25) is 5.91 Å². The molecule has 0 radical (unpaired) electrons. The number of halogens is 1. The van der Waals surface area contributed by atoms with Gasteiger partial charge in [-0.2, -0.15) is 0 Å². The van der Waals surface area contributed by atoms with Gasteiger partial charge < -0.3 is 9.42 Å². The first kappa shape index (κ1) is 18.4. The summed E-state index contributed by atoms with van der Waals surface area (Å²) in [4.78, 5) is 16.7. The largest absolute Gasteiger partial charge is 0.356 e. The Morgan fingerprint density at radius 1 is 1.14 bits per heavy atom. The maximum absolute atomic E-state index is 14.2. The molecule has 2 heterocycles. The van der Waals surface area contributed by atoms with Crippen LogP contribution in [0.4, 0.5) is 4.39 Å². The zero-order valence-corrected chi connectivity index (χ0v) is 15.7. The van der Waals surface area contributed by atoms with Gasteiger partial charge in [-0.15, -0.1) is 0 Å². The number of hydrogen-bond donors (Lipinski definition) is 0. The minimum atomic E-state index is -0.238. The fourth-order valence-corrected chi connectivity index (χ4v) is 3.58. The van der Waals surface area contributed by atoms with E-state index < -0.39 is 0 Å². The van der Waals surface area contributed by atoms with E-state index in [2.05, 4.69) is 10.1 Å². The van der Waals surface area contributed by atoms with Crippen molar-refractivity contribution in [2.24, 2.45) is 0 Å². The van der Waals surface area contributed by atoms with E-state index in [1.165, 1.54) is 6.07 Å². The van der Waals surface area contributed by atoms with E-state index in [9.17, 15) is 9.18 Å². The molecule has 1 atom stereocenters. The number of aromatic nitrogens is 1. The maximum Gasteiger partial charge on any atom is 0.228 e. The van der Waals surface area contributed by atoms with Crippen LogP contribution in [-0.2, 0) is 11.2 Å². The molecule has 144 valence electrons. The van der Waals surface area contributed by atoms with Crippen LogP contribution in [0.1, 0.15) is 17.3 Å². The third-order valence-electron chi connectivity index (χ3n) is 5.21. The third kappa shape index (κ3) is 3.82. The van der Waals surface area contributed by atoms with Gasteiger partial charge in [-0.3, -0.25) is 9.69 Å². The molecule has 1 saturated heterocycles. The molecular formula is C22H22FN3O2. The molecule has 1 aliphatic heterocycles. The Hall–Kier alpha value is -2.99. The topological polar surface area (TPSA) is 49.6 Å². The highest BCUT2D eigenvalue weighted by Gasteiger charge is 2.30. The summed E-state index contributed by atoms with van der Waals surface area (Å²) in [6.07, 6.45) is 0.171. The molecule has 3 aromatic rings. The Bertz CT molecular complexity index is 957. The van der Waals surface area contributed by atoms with Gasteiger partial charge in [0.15, 0.2) is 5.76 Å². The number of carbonyl (C=O) groups is 1. The summed E-state index contributed by atoms with van der Waals surface area (Å²) in [5.74, 6) is 0.381. The van der Waals surface area contributed by atoms with Crippen molar-refractivity contribution < 1.29 is 13.7 Å².